The van der Waals surface area contributed by atoms with Crippen LogP contribution in [0.3, 0.4) is 0 Å². The summed E-state index contributed by atoms with van der Waals surface area (Å²) in [5, 5.41) is 0. The van der Waals surface area contributed by atoms with E-state index in [0.717, 1.165) is 22.6 Å². The van der Waals surface area contributed by atoms with Gasteiger partial charge in [0.15, 0.2) is 0 Å². The lowest BCUT2D eigenvalue weighted by Gasteiger charge is -2.44. The van der Waals surface area contributed by atoms with Gasteiger partial charge >= 0.3 is 23.9 Å². The van der Waals surface area contributed by atoms with E-state index in [0.29, 0.717) is 6.92 Å². The lowest BCUT2D eigenvalue weighted by Crippen LogP contribution is -2.67. The van der Waals surface area contributed by atoms with Crippen molar-refractivity contribution in [1.82, 2.24) is 0 Å². The molecule has 0 radical (unpaired) electrons. The zero-order valence-corrected chi connectivity index (χ0v) is 13.3. The van der Waals surface area contributed by atoms with Crippen molar-refractivity contribution in [2.75, 3.05) is 0 Å². The molecule has 0 amide bonds. The molecule has 0 spiro atoms. The largest absolute Gasteiger partial charge is 0.460 e. The van der Waals surface area contributed by atoms with Crippen molar-refractivity contribution >= 4 is 22.6 Å². The van der Waals surface area contributed by atoms with Crippen LogP contribution in [0.1, 0.15) is 26.2 Å². The lowest BCUT2D eigenvalue weighted by atomic mass is 9.77. The average molecular weight is 454 g/mol. The van der Waals surface area contributed by atoms with Crippen molar-refractivity contribution in [1.29, 1.82) is 0 Å². The SMILES string of the molecule is CC(I)(C1CC=CCC1)C(F)(F)C(F)(F)C(F)(F)C(F)(F)F. The first-order valence-corrected chi connectivity index (χ1v) is 7.22. The predicted molar refractivity (Wildman–Crippen MR) is 69.8 cm³/mol. The molecule has 0 aromatic rings. The van der Waals surface area contributed by atoms with Crippen molar-refractivity contribution in [3.05, 3.63) is 12.2 Å². The maximum Gasteiger partial charge on any atom is 0.460 e. The molecule has 2 unspecified atom stereocenters. The Hall–Kier alpha value is -0.160. The highest BCUT2D eigenvalue weighted by Gasteiger charge is 2.85. The Morgan fingerprint density at radius 2 is 1.32 bits per heavy atom. The second-order valence-electron chi connectivity index (χ2n) is 5.28. The van der Waals surface area contributed by atoms with Gasteiger partial charge in [-0.1, -0.05) is 34.7 Å². The molecule has 10 heteroatoms. The fourth-order valence-corrected chi connectivity index (χ4v) is 3.13. The molecule has 1 rings (SSSR count). The number of halogens is 10. The first-order valence-electron chi connectivity index (χ1n) is 6.14. The van der Waals surface area contributed by atoms with Crippen LogP contribution in [0.4, 0.5) is 39.5 Å². The van der Waals surface area contributed by atoms with Crippen molar-refractivity contribution in [2.24, 2.45) is 5.92 Å². The summed E-state index contributed by atoms with van der Waals surface area (Å²) in [5.41, 5.74) is 0. The minimum Gasteiger partial charge on any atom is -0.198 e. The van der Waals surface area contributed by atoms with E-state index >= 15 is 0 Å². The van der Waals surface area contributed by atoms with Crippen LogP contribution in [-0.2, 0) is 0 Å². The molecule has 130 valence electrons. The van der Waals surface area contributed by atoms with Gasteiger partial charge in [-0.3, -0.25) is 0 Å². The Bertz CT molecular complexity index is 436. The third kappa shape index (κ3) is 2.83. The van der Waals surface area contributed by atoms with Gasteiger partial charge < -0.3 is 0 Å². The van der Waals surface area contributed by atoms with E-state index in [-0.39, 0.29) is 19.3 Å². The molecule has 0 N–H and O–H groups in total. The van der Waals surface area contributed by atoms with Gasteiger partial charge in [-0.2, -0.15) is 39.5 Å². The van der Waals surface area contributed by atoms with E-state index < -0.39 is 33.3 Å². The van der Waals surface area contributed by atoms with Crippen LogP contribution in [0.15, 0.2) is 12.2 Å². The maximum atomic E-state index is 14.0. The Morgan fingerprint density at radius 3 is 1.68 bits per heavy atom. The first-order chi connectivity index (χ1) is 9.61. The molecule has 0 fully saturated rings. The minimum atomic E-state index is -6.83. The molecule has 0 aliphatic heterocycles. The molecule has 0 saturated heterocycles. The monoisotopic (exact) mass is 454 g/mol. The van der Waals surface area contributed by atoms with Gasteiger partial charge in [0.2, 0.25) is 0 Å². The fraction of sp³-hybridized carbons (Fsp3) is 0.833. The Balaban J connectivity index is 3.28. The van der Waals surface area contributed by atoms with Crippen LogP contribution in [0.5, 0.6) is 0 Å². The van der Waals surface area contributed by atoms with Crippen LogP contribution >= 0.6 is 22.6 Å². The summed E-state index contributed by atoms with van der Waals surface area (Å²) in [6, 6.07) is 0. The van der Waals surface area contributed by atoms with E-state index in [1.165, 1.54) is 6.08 Å². The summed E-state index contributed by atoms with van der Waals surface area (Å²) < 4.78 is 114. The van der Waals surface area contributed by atoms with Gasteiger partial charge in [0.1, 0.15) is 0 Å². The van der Waals surface area contributed by atoms with Crippen LogP contribution in [-0.4, -0.2) is 27.4 Å². The smallest absolute Gasteiger partial charge is 0.198 e. The summed E-state index contributed by atoms with van der Waals surface area (Å²) in [6.45, 7) is 0.581. The van der Waals surface area contributed by atoms with E-state index in [4.69, 9.17) is 0 Å². The molecule has 0 aromatic carbocycles. The van der Waals surface area contributed by atoms with Crippen molar-refractivity contribution in [3.63, 3.8) is 0 Å². The first kappa shape index (κ1) is 19.9. The fourth-order valence-electron chi connectivity index (χ4n) is 2.22. The molecule has 22 heavy (non-hydrogen) atoms. The molecule has 1 aliphatic rings. The molecule has 0 nitrogen and oxygen atoms in total. The van der Waals surface area contributed by atoms with E-state index in [9.17, 15) is 39.5 Å². The molecule has 0 heterocycles. The zero-order valence-electron chi connectivity index (χ0n) is 11.1. The third-order valence-corrected chi connectivity index (χ3v) is 5.35. The van der Waals surface area contributed by atoms with E-state index in [2.05, 4.69) is 0 Å². The quantitative estimate of drug-likeness (QED) is 0.212. The second kappa shape index (κ2) is 5.73. The van der Waals surface area contributed by atoms with Gasteiger partial charge in [-0.25, -0.2) is 0 Å². The summed E-state index contributed by atoms with van der Waals surface area (Å²) >= 11 is 0.867. The van der Waals surface area contributed by atoms with Crippen LogP contribution in [0, 0.1) is 5.92 Å². The molecular formula is C12H12F9I. The normalized spacial score (nSPS) is 24.2. The highest BCUT2D eigenvalue weighted by atomic mass is 127. The van der Waals surface area contributed by atoms with Gasteiger partial charge in [-0.15, -0.1) is 0 Å². The topological polar surface area (TPSA) is 0 Å². The average Bonchev–Trinajstić information content (AvgIpc) is 2.37. The molecule has 1 aliphatic carbocycles. The molecular weight excluding hydrogens is 442 g/mol. The molecule has 0 aromatic heterocycles. The van der Waals surface area contributed by atoms with Crippen molar-refractivity contribution in [3.8, 4) is 0 Å². The van der Waals surface area contributed by atoms with Gasteiger partial charge in [0.25, 0.3) is 0 Å². The van der Waals surface area contributed by atoms with Gasteiger partial charge in [-0.05, 0) is 32.1 Å². The van der Waals surface area contributed by atoms with Crippen molar-refractivity contribution < 1.29 is 39.5 Å². The molecule has 0 saturated carbocycles. The third-order valence-electron chi connectivity index (χ3n) is 3.79. The number of hydrogen-bond donors (Lipinski definition) is 0. The second-order valence-corrected chi connectivity index (χ2v) is 7.52. The summed E-state index contributed by atoms with van der Waals surface area (Å²) in [7, 11) is 0. The van der Waals surface area contributed by atoms with Crippen LogP contribution in [0.2, 0.25) is 0 Å². The van der Waals surface area contributed by atoms with E-state index in [1.807, 2.05) is 0 Å². The Morgan fingerprint density at radius 1 is 0.818 bits per heavy atom. The summed E-state index contributed by atoms with van der Waals surface area (Å²) in [5.74, 6) is -20.1. The Kier molecular flexibility index (Phi) is 5.18. The zero-order chi connectivity index (χ0) is 17.6. The number of rotatable bonds is 4. The van der Waals surface area contributed by atoms with Gasteiger partial charge in [0, 0.05) is 0 Å². The number of alkyl halides is 10. The summed E-state index contributed by atoms with van der Waals surface area (Å²) in [4.78, 5) is 0. The van der Waals surface area contributed by atoms with E-state index in [1.54, 1.807) is 6.08 Å². The standard InChI is InChI=1S/C12H12F9I/c1-8(22,7-5-3-2-4-6-7)9(13,14)10(15,16)11(17,18)12(19,20)21/h2-3,7H,4-6H2,1H3. The molecule has 0 bridgehead atoms. The highest BCUT2D eigenvalue weighted by Crippen LogP contribution is 2.60. The number of allylic oxidation sites excluding steroid dienone is 2. The maximum absolute atomic E-state index is 14.0. The number of hydrogen-bond acceptors (Lipinski definition) is 0. The Labute approximate surface area is 134 Å². The highest BCUT2D eigenvalue weighted by molar-refractivity contribution is 14.1. The lowest BCUT2D eigenvalue weighted by molar-refractivity contribution is -0.400. The van der Waals surface area contributed by atoms with Crippen molar-refractivity contribution in [2.45, 2.75) is 53.6 Å². The van der Waals surface area contributed by atoms with Crippen LogP contribution < -0.4 is 0 Å². The predicted octanol–water partition coefficient (Wildman–Crippen LogP) is 6.00. The van der Waals surface area contributed by atoms with Crippen LogP contribution in [0.25, 0.3) is 0 Å². The minimum absolute atomic E-state index is 0.000794. The summed E-state index contributed by atoms with van der Waals surface area (Å²) in [6.07, 6.45) is -3.59. The van der Waals surface area contributed by atoms with Gasteiger partial charge in [0.05, 0.1) is 3.42 Å². The molecule has 2 atom stereocenters.